The number of nitrogens with zero attached hydrogens (tertiary/aromatic N) is 1. The van der Waals surface area contributed by atoms with E-state index in [-0.39, 0.29) is 17.7 Å². The summed E-state index contributed by atoms with van der Waals surface area (Å²) in [6, 6.07) is 22.1. The van der Waals surface area contributed by atoms with Crippen molar-refractivity contribution in [1.29, 1.82) is 0 Å². The third kappa shape index (κ3) is 4.52. The first kappa shape index (κ1) is 21.4. The van der Waals surface area contributed by atoms with Crippen LogP contribution in [0.15, 0.2) is 66.7 Å². The molecule has 3 aromatic carbocycles. The third-order valence-electron chi connectivity index (χ3n) is 6.22. The highest BCUT2D eigenvalue weighted by Crippen LogP contribution is 2.45. The van der Waals surface area contributed by atoms with Gasteiger partial charge in [-0.05, 0) is 47.4 Å². The van der Waals surface area contributed by atoms with Gasteiger partial charge in [-0.1, -0.05) is 48.5 Å². The van der Waals surface area contributed by atoms with E-state index in [4.69, 9.17) is 0 Å². The van der Waals surface area contributed by atoms with Crippen LogP contribution in [0.1, 0.15) is 33.3 Å². The van der Waals surface area contributed by atoms with Crippen LogP contribution in [-0.2, 0) is 4.79 Å². The monoisotopic (exact) mass is 462 g/mol. The van der Waals surface area contributed by atoms with E-state index in [0.29, 0.717) is 30.5 Å². The van der Waals surface area contributed by atoms with Crippen LogP contribution in [0.3, 0.4) is 0 Å². The van der Waals surface area contributed by atoms with Crippen molar-refractivity contribution >= 4 is 51.8 Å². The molecule has 2 amide bonds. The van der Waals surface area contributed by atoms with E-state index in [2.05, 4.69) is 17.4 Å². The zero-order chi connectivity index (χ0) is 21.9. The van der Waals surface area contributed by atoms with E-state index in [1.807, 2.05) is 83.0 Å². The van der Waals surface area contributed by atoms with Gasteiger partial charge in [-0.3, -0.25) is 9.59 Å². The summed E-state index contributed by atoms with van der Waals surface area (Å²) >= 11 is 3.93. The normalized spacial score (nSPS) is 17.6. The summed E-state index contributed by atoms with van der Waals surface area (Å²) in [5, 5.41) is 5.17. The average molecular weight is 463 g/mol. The Morgan fingerprint density at radius 3 is 2.41 bits per heavy atom. The molecular formula is C26H26N2O2S2. The van der Waals surface area contributed by atoms with Gasteiger partial charge in [0.05, 0.1) is 4.58 Å². The molecular weight excluding hydrogens is 436 g/mol. The van der Waals surface area contributed by atoms with Gasteiger partial charge in [-0.2, -0.15) is 0 Å². The molecule has 1 N–H and O–H groups in total. The molecule has 0 bridgehead atoms. The number of hydrogen-bond acceptors (Lipinski definition) is 4. The van der Waals surface area contributed by atoms with Gasteiger partial charge in [0.25, 0.3) is 5.91 Å². The molecule has 4 nitrogen and oxygen atoms in total. The van der Waals surface area contributed by atoms with Gasteiger partial charge in [0.2, 0.25) is 5.91 Å². The van der Waals surface area contributed by atoms with Gasteiger partial charge in [0, 0.05) is 41.8 Å². The lowest BCUT2D eigenvalue weighted by Crippen LogP contribution is -2.41. The minimum atomic E-state index is -0.0644. The van der Waals surface area contributed by atoms with Crippen LogP contribution < -0.4 is 5.32 Å². The number of amides is 2. The second kappa shape index (κ2) is 9.59. The lowest BCUT2D eigenvalue weighted by molar-refractivity contribution is -0.121. The van der Waals surface area contributed by atoms with Gasteiger partial charge >= 0.3 is 0 Å². The van der Waals surface area contributed by atoms with E-state index in [0.717, 1.165) is 22.0 Å². The number of thioether (sulfide) groups is 2. The Hall–Kier alpha value is -2.44. The number of anilines is 1. The molecule has 0 aliphatic carbocycles. The largest absolute Gasteiger partial charge is 0.339 e. The van der Waals surface area contributed by atoms with E-state index in [1.165, 1.54) is 17.1 Å². The van der Waals surface area contributed by atoms with Gasteiger partial charge < -0.3 is 10.2 Å². The van der Waals surface area contributed by atoms with Crippen LogP contribution in [0.5, 0.6) is 0 Å². The number of rotatable bonds is 4. The van der Waals surface area contributed by atoms with Crippen molar-refractivity contribution in [2.75, 3.05) is 29.9 Å². The fourth-order valence-electron chi connectivity index (χ4n) is 4.49. The predicted octanol–water partition coefficient (Wildman–Crippen LogP) is 5.81. The second-order valence-electron chi connectivity index (χ2n) is 8.28. The Kier molecular flexibility index (Phi) is 6.42. The van der Waals surface area contributed by atoms with Gasteiger partial charge in [0.15, 0.2) is 0 Å². The lowest BCUT2D eigenvalue weighted by Gasteiger charge is -2.31. The summed E-state index contributed by atoms with van der Waals surface area (Å²) in [6.07, 6.45) is 1.38. The summed E-state index contributed by atoms with van der Waals surface area (Å²) in [7, 11) is 0. The van der Waals surface area contributed by atoms with Crippen molar-refractivity contribution in [2.24, 2.45) is 5.92 Å². The molecule has 2 fully saturated rings. The number of fused-ring (bicyclic) bond motifs is 1. The highest BCUT2D eigenvalue weighted by molar-refractivity contribution is 8.19. The summed E-state index contributed by atoms with van der Waals surface area (Å²) < 4.78 is 0.468. The molecule has 0 aromatic heterocycles. The summed E-state index contributed by atoms with van der Waals surface area (Å²) in [5.41, 5.74) is 2.88. The van der Waals surface area contributed by atoms with Crippen molar-refractivity contribution in [1.82, 2.24) is 4.90 Å². The van der Waals surface area contributed by atoms with Gasteiger partial charge in [-0.25, -0.2) is 0 Å². The van der Waals surface area contributed by atoms with Gasteiger partial charge in [-0.15, -0.1) is 23.5 Å². The molecule has 2 aliphatic heterocycles. The van der Waals surface area contributed by atoms with Crippen molar-refractivity contribution in [3.63, 3.8) is 0 Å². The highest BCUT2D eigenvalue weighted by Gasteiger charge is 2.28. The molecule has 0 radical (unpaired) electrons. The molecule has 2 saturated heterocycles. The maximum absolute atomic E-state index is 13.2. The van der Waals surface area contributed by atoms with Crippen molar-refractivity contribution < 1.29 is 9.59 Å². The molecule has 32 heavy (non-hydrogen) atoms. The SMILES string of the molecule is O=C(Nc1cccc(C2SCCS2)c1)C1CCN(C(=O)c2cccc3ccccc23)CC1. The van der Waals surface area contributed by atoms with Crippen LogP contribution >= 0.6 is 23.5 Å². The van der Waals surface area contributed by atoms with E-state index >= 15 is 0 Å². The van der Waals surface area contributed by atoms with Crippen LogP contribution in [0.25, 0.3) is 10.8 Å². The molecule has 0 unspecified atom stereocenters. The second-order valence-corrected chi connectivity index (χ2v) is 11.0. The quantitative estimate of drug-likeness (QED) is 0.532. The Morgan fingerprint density at radius 1 is 0.875 bits per heavy atom. The molecule has 5 rings (SSSR count). The maximum Gasteiger partial charge on any atom is 0.254 e. The standard InChI is InChI=1S/C26H26N2O2S2/c29-24(27-21-8-3-7-20(17-21)26-31-15-16-32-26)19-11-13-28(14-12-19)25(30)23-10-4-6-18-5-1-2-9-22(18)23/h1-10,17,19,26H,11-16H2,(H,27,29). The topological polar surface area (TPSA) is 49.4 Å². The first-order valence-corrected chi connectivity index (χ1v) is 13.2. The number of hydrogen-bond donors (Lipinski definition) is 1. The Labute approximate surface area is 197 Å². The molecule has 164 valence electrons. The summed E-state index contributed by atoms with van der Waals surface area (Å²) in [5.74, 6) is 2.42. The van der Waals surface area contributed by atoms with E-state index in [9.17, 15) is 9.59 Å². The molecule has 0 atom stereocenters. The fourth-order valence-corrected chi connectivity index (χ4v) is 7.32. The average Bonchev–Trinajstić information content (AvgIpc) is 3.39. The minimum Gasteiger partial charge on any atom is -0.339 e. The molecule has 2 heterocycles. The number of nitrogens with one attached hydrogen (secondary N) is 1. The third-order valence-corrected chi connectivity index (χ3v) is 9.33. The number of carbonyl (C=O) groups excluding carboxylic acids is 2. The van der Waals surface area contributed by atoms with Crippen LogP contribution in [0.2, 0.25) is 0 Å². The highest BCUT2D eigenvalue weighted by atomic mass is 32.2. The summed E-state index contributed by atoms with van der Waals surface area (Å²) in [4.78, 5) is 28.0. The first-order valence-electron chi connectivity index (χ1n) is 11.1. The van der Waals surface area contributed by atoms with Crippen LogP contribution in [0, 0.1) is 5.92 Å². The van der Waals surface area contributed by atoms with E-state index < -0.39 is 0 Å². The smallest absolute Gasteiger partial charge is 0.254 e. The number of carbonyl (C=O) groups is 2. The molecule has 2 aliphatic rings. The van der Waals surface area contributed by atoms with Gasteiger partial charge in [0.1, 0.15) is 0 Å². The minimum absolute atomic E-state index is 0.0555. The Morgan fingerprint density at radius 2 is 1.59 bits per heavy atom. The number of likely N-dealkylation sites (tertiary alicyclic amines) is 1. The maximum atomic E-state index is 13.2. The zero-order valence-electron chi connectivity index (χ0n) is 17.8. The predicted molar refractivity (Wildman–Crippen MR) is 135 cm³/mol. The molecule has 0 spiro atoms. The molecule has 0 saturated carbocycles. The number of benzene rings is 3. The van der Waals surface area contributed by atoms with Crippen LogP contribution in [-0.4, -0.2) is 41.3 Å². The lowest BCUT2D eigenvalue weighted by atomic mass is 9.94. The molecule has 6 heteroatoms. The zero-order valence-corrected chi connectivity index (χ0v) is 19.5. The van der Waals surface area contributed by atoms with Crippen LogP contribution in [0.4, 0.5) is 5.69 Å². The van der Waals surface area contributed by atoms with Crippen molar-refractivity contribution in [3.05, 3.63) is 77.9 Å². The Bertz CT molecular complexity index is 1130. The van der Waals surface area contributed by atoms with E-state index in [1.54, 1.807) is 0 Å². The first-order chi connectivity index (χ1) is 15.7. The molecule has 3 aromatic rings. The summed E-state index contributed by atoms with van der Waals surface area (Å²) in [6.45, 7) is 1.21. The van der Waals surface area contributed by atoms with Crippen molar-refractivity contribution in [3.8, 4) is 0 Å². The Balaban J connectivity index is 1.20. The number of piperidine rings is 1. The fraction of sp³-hybridized carbons (Fsp3) is 0.308. The van der Waals surface area contributed by atoms with Crippen molar-refractivity contribution in [2.45, 2.75) is 17.4 Å².